The van der Waals surface area contributed by atoms with E-state index in [1.807, 2.05) is 12.1 Å². The zero-order chi connectivity index (χ0) is 14.9. The Hall–Kier alpha value is -2.22. The Morgan fingerprint density at radius 3 is 2.59 bits per heavy atom. The first-order chi connectivity index (χ1) is 10.9. The number of fused-ring (bicyclic) bond motifs is 2. The van der Waals surface area contributed by atoms with Crippen LogP contribution in [0.1, 0.15) is 43.8 Å². The largest absolute Gasteiger partial charge is 0.486 e. The van der Waals surface area contributed by atoms with Gasteiger partial charge in [0.05, 0.1) is 17.1 Å². The Labute approximate surface area is 129 Å². The molecule has 114 valence electrons. The average Bonchev–Trinajstić information content (AvgIpc) is 2.92. The fourth-order valence-corrected chi connectivity index (χ4v) is 3.59. The summed E-state index contributed by atoms with van der Waals surface area (Å²) in [7, 11) is 0. The minimum Gasteiger partial charge on any atom is -0.486 e. The van der Waals surface area contributed by atoms with Gasteiger partial charge in [-0.3, -0.25) is 0 Å². The zero-order valence-corrected chi connectivity index (χ0v) is 12.5. The number of hydrogen-bond acceptors (Lipinski definition) is 4. The van der Waals surface area contributed by atoms with Gasteiger partial charge in [0.2, 0.25) is 0 Å². The van der Waals surface area contributed by atoms with Crippen LogP contribution in [0.25, 0.3) is 11.0 Å². The first-order valence-corrected chi connectivity index (χ1v) is 8.03. The molecule has 1 aliphatic heterocycles. The molecule has 0 atom stereocenters. The predicted octanol–water partition coefficient (Wildman–Crippen LogP) is 3.38. The number of nitriles is 1. The number of nitrogens with zero attached hydrogens (tertiary/aromatic N) is 3. The number of hydrogen-bond donors (Lipinski definition) is 0. The lowest BCUT2D eigenvalue weighted by molar-refractivity contribution is 0.172. The van der Waals surface area contributed by atoms with Crippen molar-refractivity contribution in [2.75, 3.05) is 13.2 Å². The second-order valence-electron chi connectivity index (χ2n) is 6.03. The van der Waals surface area contributed by atoms with Gasteiger partial charge in [-0.15, -0.1) is 0 Å². The van der Waals surface area contributed by atoms with Gasteiger partial charge in [-0.1, -0.05) is 19.3 Å². The molecule has 0 N–H and O–H groups in total. The zero-order valence-electron chi connectivity index (χ0n) is 12.5. The van der Waals surface area contributed by atoms with Gasteiger partial charge < -0.3 is 14.0 Å². The molecule has 22 heavy (non-hydrogen) atoms. The number of benzene rings is 1. The summed E-state index contributed by atoms with van der Waals surface area (Å²) >= 11 is 0. The molecule has 5 nitrogen and oxygen atoms in total. The van der Waals surface area contributed by atoms with E-state index in [0.29, 0.717) is 25.7 Å². The van der Waals surface area contributed by atoms with E-state index in [0.717, 1.165) is 28.4 Å². The van der Waals surface area contributed by atoms with Crippen molar-refractivity contribution in [3.8, 4) is 17.6 Å². The van der Waals surface area contributed by atoms with Crippen molar-refractivity contribution in [1.82, 2.24) is 9.55 Å². The summed E-state index contributed by atoms with van der Waals surface area (Å²) < 4.78 is 13.4. The standard InChI is InChI=1S/C17H19N3O2/c18-6-7-20-14-11-16-15(21-8-9-22-16)10-13(14)19-17(20)12-4-2-1-3-5-12/h10-12H,1-5,7-9H2. The fourth-order valence-electron chi connectivity index (χ4n) is 3.59. The lowest BCUT2D eigenvalue weighted by Gasteiger charge is -2.21. The quantitative estimate of drug-likeness (QED) is 0.852. The molecule has 1 aromatic carbocycles. The van der Waals surface area contributed by atoms with E-state index in [4.69, 9.17) is 14.5 Å². The van der Waals surface area contributed by atoms with E-state index in [1.165, 1.54) is 32.1 Å². The summed E-state index contributed by atoms with van der Waals surface area (Å²) in [5.41, 5.74) is 1.88. The van der Waals surface area contributed by atoms with Crippen molar-refractivity contribution in [3.63, 3.8) is 0 Å². The topological polar surface area (TPSA) is 60.1 Å². The molecule has 2 heterocycles. The minimum absolute atomic E-state index is 0.335. The lowest BCUT2D eigenvalue weighted by Crippen LogP contribution is -2.15. The summed E-state index contributed by atoms with van der Waals surface area (Å²) in [6.45, 7) is 1.48. The second-order valence-corrected chi connectivity index (χ2v) is 6.03. The molecule has 0 unspecified atom stereocenters. The van der Waals surface area contributed by atoms with Gasteiger partial charge in [0.1, 0.15) is 25.6 Å². The lowest BCUT2D eigenvalue weighted by atomic mass is 9.88. The summed E-state index contributed by atoms with van der Waals surface area (Å²) in [6.07, 6.45) is 6.15. The predicted molar refractivity (Wildman–Crippen MR) is 82.2 cm³/mol. The van der Waals surface area contributed by atoms with Gasteiger partial charge in [0.25, 0.3) is 0 Å². The number of ether oxygens (including phenoxy) is 2. The first-order valence-electron chi connectivity index (χ1n) is 8.03. The molecule has 1 saturated carbocycles. The Kier molecular flexibility index (Phi) is 3.38. The smallest absolute Gasteiger partial charge is 0.163 e. The molecule has 0 bridgehead atoms. The van der Waals surface area contributed by atoms with Gasteiger partial charge in [-0.2, -0.15) is 5.26 Å². The number of imidazole rings is 1. The highest BCUT2D eigenvalue weighted by atomic mass is 16.6. The van der Waals surface area contributed by atoms with Crippen molar-refractivity contribution in [1.29, 1.82) is 5.26 Å². The van der Waals surface area contributed by atoms with Crippen LogP contribution in [0.3, 0.4) is 0 Å². The molecule has 1 fully saturated rings. The van der Waals surface area contributed by atoms with Gasteiger partial charge in [-0.25, -0.2) is 4.98 Å². The third kappa shape index (κ3) is 2.19. The molecule has 0 radical (unpaired) electrons. The molecular weight excluding hydrogens is 278 g/mol. The van der Waals surface area contributed by atoms with Gasteiger partial charge in [-0.05, 0) is 12.8 Å². The molecule has 0 spiro atoms. The Morgan fingerprint density at radius 1 is 1.14 bits per heavy atom. The first kappa shape index (κ1) is 13.4. The van der Waals surface area contributed by atoms with Crippen LogP contribution in [0.5, 0.6) is 11.5 Å². The van der Waals surface area contributed by atoms with Crippen molar-refractivity contribution >= 4 is 11.0 Å². The van der Waals surface area contributed by atoms with Gasteiger partial charge in [0, 0.05) is 18.1 Å². The molecular formula is C17H19N3O2. The van der Waals surface area contributed by atoms with Crippen LogP contribution >= 0.6 is 0 Å². The highest BCUT2D eigenvalue weighted by molar-refractivity contribution is 5.81. The highest BCUT2D eigenvalue weighted by Gasteiger charge is 2.24. The summed E-state index contributed by atoms with van der Waals surface area (Å²) in [4.78, 5) is 4.84. The van der Waals surface area contributed by atoms with Crippen LogP contribution in [-0.4, -0.2) is 22.8 Å². The SMILES string of the molecule is N#CCn1c(C2CCCCC2)nc2cc3c(cc21)OCCO3. The molecule has 5 heteroatoms. The van der Waals surface area contributed by atoms with Gasteiger partial charge >= 0.3 is 0 Å². The van der Waals surface area contributed by atoms with Crippen LogP contribution in [0.2, 0.25) is 0 Å². The van der Waals surface area contributed by atoms with E-state index in [9.17, 15) is 5.26 Å². The Balaban J connectivity index is 1.85. The molecule has 4 rings (SSSR count). The molecule has 1 aromatic heterocycles. The highest BCUT2D eigenvalue weighted by Crippen LogP contribution is 2.38. The maximum Gasteiger partial charge on any atom is 0.163 e. The molecule has 0 saturated heterocycles. The summed E-state index contributed by atoms with van der Waals surface area (Å²) in [6, 6.07) is 6.19. The third-order valence-electron chi connectivity index (χ3n) is 4.64. The van der Waals surface area contributed by atoms with Crippen LogP contribution in [0.15, 0.2) is 12.1 Å². The molecule has 0 amide bonds. The maximum absolute atomic E-state index is 9.20. The van der Waals surface area contributed by atoms with Crippen molar-refractivity contribution in [2.24, 2.45) is 0 Å². The van der Waals surface area contributed by atoms with E-state index in [2.05, 4.69) is 10.6 Å². The third-order valence-corrected chi connectivity index (χ3v) is 4.64. The fraction of sp³-hybridized carbons (Fsp3) is 0.529. The van der Waals surface area contributed by atoms with Crippen molar-refractivity contribution < 1.29 is 9.47 Å². The molecule has 2 aromatic rings. The average molecular weight is 297 g/mol. The van der Waals surface area contributed by atoms with Gasteiger partial charge in [0.15, 0.2) is 11.5 Å². The van der Waals surface area contributed by atoms with Crippen molar-refractivity contribution in [2.45, 2.75) is 44.6 Å². The monoisotopic (exact) mass is 297 g/mol. The summed E-state index contributed by atoms with van der Waals surface area (Å²) in [5, 5.41) is 9.20. The number of aromatic nitrogens is 2. The Morgan fingerprint density at radius 2 is 1.86 bits per heavy atom. The van der Waals surface area contributed by atoms with Crippen LogP contribution in [0, 0.1) is 11.3 Å². The van der Waals surface area contributed by atoms with Crippen molar-refractivity contribution in [3.05, 3.63) is 18.0 Å². The normalized spacial score (nSPS) is 18.3. The maximum atomic E-state index is 9.20. The Bertz CT molecular complexity index is 738. The molecule has 1 aliphatic carbocycles. The van der Waals surface area contributed by atoms with Crippen LogP contribution in [-0.2, 0) is 6.54 Å². The number of rotatable bonds is 2. The summed E-state index contributed by atoms with van der Waals surface area (Å²) in [5.74, 6) is 3.04. The van der Waals surface area contributed by atoms with Crippen LogP contribution < -0.4 is 9.47 Å². The van der Waals surface area contributed by atoms with E-state index in [-0.39, 0.29) is 0 Å². The van der Waals surface area contributed by atoms with E-state index in [1.54, 1.807) is 0 Å². The van der Waals surface area contributed by atoms with E-state index >= 15 is 0 Å². The van der Waals surface area contributed by atoms with E-state index < -0.39 is 0 Å². The second kappa shape index (κ2) is 5.53. The van der Waals surface area contributed by atoms with Crippen LogP contribution in [0.4, 0.5) is 0 Å². The minimum atomic E-state index is 0.335. The molecule has 2 aliphatic rings.